The molecule has 1 amide bonds. The zero-order chi connectivity index (χ0) is 21.4. The average molecular weight is 437 g/mol. The van der Waals surface area contributed by atoms with Crippen molar-refractivity contribution in [2.24, 2.45) is 0 Å². The van der Waals surface area contributed by atoms with E-state index in [4.69, 9.17) is 9.47 Å². The molecule has 0 fully saturated rings. The first-order valence-electron chi connectivity index (χ1n) is 9.99. The van der Waals surface area contributed by atoms with Crippen LogP contribution in [-0.2, 0) is 6.54 Å². The van der Waals surface area contributed by atoms with Crippen molar-refractivity contribution in [2.45, 2.75) is 19.9 Å². The van der Waals surface area contributed by atoms with Crippen LogP contribution >= 0.6 is 11.3 Å². The Morgan fingerprint density at radius 1 is 1.13 bits per heavy atom. The Morgan fingerprint density at radius 3 is 2.71 bits per heavy atom. The number of hydrogen-bond donors (Lipinski definition) is 1. The van der Waals surface area contributed by atoms with Crippen molar-refractivity contribution in [1.82, 2.24) is 9.78 Å². The van der Waals surface area contributed by atoms with Gasteiger partial charge in [-0.3, -0.25) is 9.48 Å². The minimum absolute atomic E-state index is 0.191. The lowest BCUT2D eigenvalue weighted by Crippen LogP contribution is -2.10. The van der Waals surface area contributed by atoms with Gasteiger partial charge in [0.1, 0.15) is 10.6 Å². The summed E-state index contributed by atoms with van der Waals surface area (Å²) in [5.41, 5.74) is 2.44. The summed E-state index contributed by atoms with van der Waals surface area (Å²) in [6, 6.07) is 13.6. The number of hydrogen-bond acceptors (Lipinski definition) is 5. The summed E-state index contributed by atoms with van der Waals surface area (Å²) in [7, 11) is 0. The highest BCUT2D eigenvalue weighted by Gasteiger charge is 2.18. The molecule has 4 aromatic rings. The largest absolute Gasteiger partial charge is 0.490 e. The van der Waals surface area contributed by atoms with Crippen molar-refractivity contribution in [1.29, 1.82) is 0 Å². The minimum Gasteiger partial charge on any atom is -0.490 e. The summed E-state index contributed by atoms with van der Waals surface area (Å²) < 4.78 is 26.4. The molecular weight excluding hydrogens is 417 g/mol. The zero-order valence-electron chi connectivity index (χ0n) is 16.9. The van der Waals surface area contributed by atoms with Gasteiger partial charge < -0.3 is 14.8 Å². The highest BCUT2D eigenvalue weighted by Crippen LogP contribution is 2.33. The number of thiophene rings is 1. The predicted octanol–water partition coefficient (Wildman–Crippen LogP) is 5.01. The first kappa shape index (κ1) is 19.6. The molecule has 0 saturated carbocycles. The number of nitrogens with zero attached hydrogens (tertiary/aromatic N) is 2. The Labute approximate surface area is 182 Å². The summed E-state index contributed by atoms with van der Waals surface area (Å²) in [6.45, 7) is 3.63. The molecule has 0 aliphatic carbocycles. The molecule has 3 heterocycles. The molecule has 5 rings (SSSR count). The van der Waals surface area contributed by atoms with E-state index in [1.54, 1.807) is 24.3 Å². The number of ether oxygens (including phenoxy) is 2. The number of halogens is 1. The molecule has 0 atom stereocenters. The number of aryl methyl sites for hydroxylation is 1. The first-order valence-corrected chi connectivity index (χ1v) is 10.8. The van der Waals surface area contributed by atoms with E-state index in [-0.39, 0.29) is 11.7 Å². The van der Waals surface area contributed by atoms with Gasteiger partial charge in [0.05, 0.1) is 30.3 Å². The monoisotopic (exact) mass is 437 g/mol. The fourth-order valence-corrected chi connectivity index (χ4v) is 4.58. The van der Waals surface area contributed by atoms with Crippen molar-refractivity contribution in [3.63, 3.8) is 0 Å². The molecule has 2 aromatic carbocycles. The van der Waals surface area contributed by atoms with Gasteiger partial charge in [0.25, 0.3) is 5.91 Å². The Kier molecular flexibility index (Phi) is 5.07. The van der Waals surface area contributed by atoms with Crippen LogP contribution in [0, 0.1) is 12.7 Å². The molecule has 0 spiro atoms. The third-order valence-corrected chi connectivity index (χ3v) is 6.23. The number of carbonyl (C=O) groups excluding carboxylic acids is 1. The summed E-state index contributed by atoms with van der Waals surface area (Å²) in [5.74, 6) is 0.866. The second kappa shape index (κ2) is 8.03. The number of nitrogens with one attached hydrogen (secondary N) is 1. The lowest BCUT2D eigenvalue weighted by Gasteiger charge is -2.10. The van der Waals surface area contributed by atoms with E-state index in [1.165, 1.54) is 23.5 Å². The van der Waals surface area contributed by atoms with Crippen LogP contribution in [-0.4, -0.2) is 28.9 Å². The van der Waals surface area contributed by atoms with E-state index in [0.717, 1.165) is 27.9 Å². The zero-order valence-corrected chi connectivity index (χ0v) is 17.7. The van der Waals surface area contributed by atoms with Crippen LogP contribution in [0.5, 0.6) is 11.5 Å². The molecule has 8 heteroatoms. The summed E-state index contributed by atoms with van der Waals surface area (Å²) in [6.07, 6.45) is 0.826. The highest BCUT2D eigenvalue weighted by atomic mass is 32.1. The van der Waals surface area contributed by atoms with Gasteiger partial charge in [0.15, 0.2) is 11.5 Å². The first-order chi connectivity index (χ1) is 15.1. The van der Waals surface area contributed by atoms with Crippen LogP contribution in [0.25, 0.3) is 10.2 Å². The van der Waals surface area contributed by atoms with E-state index in [2.05, 4.69) is 10.4 Å². The molecular formula is C23H20FN3O3S. The quantitative estimate of drug-likeness (QED) is 0.488. The lowest BCUT2D eigenvalue weighted by atomic mass is 10.2. The maximum atomic E-state index is 13.2. The van der Waals surface area contributed by atoms with Crippen LogP contribution in [0.4, 0.5) is 10.1 Å². The van der Waals surface area contributed by atoms with Crippen molar-refractivity contribution >= 4 is 33.1 Å². The molecule has 1 aliphatic rings. The van der Waals surface area contributed by atoms with Crippen LogP contribution in [0.2, 0.25) is 0 Å². The van der Waals surface area contributed by atoms with Crippen LogP contribution in [0.1, 0.15) is 27.3 Å². The van der Waals surface area contributed by atoms with Gasteiger partial charge in [-0.2, -0.15) is 5.10 Å². The fraction of sp³-hybridized carbons (Fsp3) is 0.217. The number of aromatic nitrogens is 2. The molecule has 1 N–H and O–H groups in total. The normalized spacial score (nSPS) is 13.2. The number of benzene rings is 2. The van der Waals surface area contributed by atoms with Crippen LogP contribution < -0.4 is 14.8 Å². The molecule has 0 bridgehead atoms. The number of fused-ring (bicyclic) bond motifs is 2. The van der Waals surface area contributed by atoms with E-state index >= 15 is 0 Å². The molecule has 2 aromatic heterocycles. The molecule has 0 saturated heterocycles. The lowest BCUT2D eigenvalue weighted by molar-refractivity contribution is 0.103. The molecule has 0 radical (unpaired) electrons. The van der Waals surface area contributed by atoms with E-state index in [9.17, 15) is 9.18 Å². The topological polar surface area (TPSA) is 65.4 Å². The van der Waals surface area contributed by atoms with Crippen LogP contribution in [0.15, 0.2) is 48.5 Å². The van der Waals surface area contributed by atoms with Crippen molar-refractivity contribution in [3.05, 3.63) is 70.5 Å². The number of amides is 1. The minimum atomic E-state index is -0.268. The average Bonchev–Trinajstić information content (AvgIpc) is 3.23. The highest BCUT2D eigenvalue weighted by molar-refractivity contribution is 7.20. The van der Waals surface area contributed by atoms with Crippen molar-refractivity contribution in [2.75, 3.05) is 18.5 Å². The molecule has 158 valence electrons. The van der Waals surface area contributed by atoms with Gasteiger partial charge in [0.2, 0.25) is 0 Å². The third kappa shape index (κ3) is 3.98. The van der Waals surface area contributed by atoms with Crippen molar-refractivity contribution in [3.8, 4) is 11.5 Å². The standard InChI is InChI=1S/C23H20FN3O3S/c1-14-18-12-21(31-23(18)27(26-14)13-15-3-5-16(24)6-4-15)22(28)25-17-7-8-19-20(11-17)30-10-2-9-29-19/h3-8,11-12H,2,9-10,13H2,1H3,(H,25,28). The van der Waals surface area contributed by atoms with Gasteiger partial charge in [-0.15, -0.1) is 11.3 Å². The maximum absolute atomic E-state index is 13.2. The Balaban J connectivity index is 1.38. The smallest absolute Gasteiger partial charge is 0.265 e. The number of carbonyl (C=O) groups is 1. The Morgan fingerprint density at radius 2 is 1.90 bits per heavy atom. The van der Waals surface area contributed by atoms with E-state index in [1.807, 2.05) is 23.7 Å². The maximum Gasteiger partial charge on any atom is 0.265 e. The van der Waals surface area contributed by atoms with Crippen molar-refractivity contribution < 1.29 is 18.7 Å². The number of rotatable bonds is 4. The second-order valence-electron chi connectivity index (χ2n) is 7.37. The molecule has 1 aliphatic heterocycles. The SMILES string of the molecule is Cc1nn(Cc2ccc(F)cc2)c2sc(C(=O)Nc3ccc4c(c3)OCCCO4)cc12. The third-order valence-electron chi connectivity index (χ3n) is 5.08. The molecule has 0 unspecified atom stereocenters. The Bertz CT molecular complexity index is 1260. The predicted molar refractivity (Wildman–Crippen MR) is 118 cm³/mol. The van der Waals surface area contributed by atoms with Gasteiger partial charge in [-0.05, 0) is 42.8 Å². The second-order valence-corrected chi connectivity index (χ2v) is 8.40. The van der Waals surface area contributed by atoms with Gasteiger partial charge in [-0.1, -0.05) is 12.1 Å². The molecule has 31 heavy (non-hydrogen) atoms. The van der Waals surface area contributed by atoms with Gasteiger partial charge >= 0.3 is 0 Å². The van der Waals surface area contributed by atoms with Crippen LogP contribution in [0.3, 0.4) is 0 Å². The summed E-state index contributed by atoms with van der Waals surface area (Å²) in [4.78, 5) is 14.4. The Hall–Kier alpha value is -3.39. The summed E-state index contributed by atoms with van der Waals surface area (Å²) in [5, 5.41) is 8.46. The van der Waals surface area contributed by atoms with Gasteiger partial charge in [-0.25, -0.2) is 4.39 Å². The fourth-order valence-electron chi connectivity index (χ4n) is 3.53. The molecule has 6 nitrogen and oxygen atoms in total. The van der Waals surface area contributed by atoms with E-state index < -0.39 is 0 Å². The number of anilines is 1. The summed E-state index contributed by atoms with van der Waals surface area (Å²) >= 11 is 1.39. The van der Waals surface area contributed by atoms with E-state index in [0.29, 0.717) is 41.8 Å². The van der Waals surface area contributed by atoms with Gasteiger partial charge in [0, 0.05) is 23.6 Å².